The summed E-state index contributed by atoms with van der Waals surface area (Å²) in [6.07, 6.45) is 0.829. The van der Waals surface area contributed by atoms with E-state index in [9.17, 15) is 24.8 Å². The van der Waals surface area contributed by atoms with Crippen molar-refractivity contribution in [1.29, 1.82) is 5.26 Å². The number of non-ortho nitro benzene ring substituents is 1. The molecule has 0 aliphatic carbocycles. The molecule has 36 heavy (non-hydrogen) atoms. The fourth-order valence-corrected chi connectivity index (χ4v) is 3.97. The maximum absolute atomic E-state index is 13.2. The van der Waals surface area contributed by atoms with Gasteiger partial charge in [-0.3, -0.25) is 24.6 Å². The van der Waals surface area contributed by atoms with Crippen molar-refractivity contribution >= 4 is 28.8 Å². The van der Waals surface area contributed by atoms with Gasteiger partial charge in [0, 0.05) is 23.4 Å². The van der Waals surface area contributed by atoms with Crippen molar-refractivity contribution in [3.63, 3.8) is 0 Å². The lowest BCUT2D eigenvalue weighted by atomic mass is 9.95. The summed E-state index contributed by atoms with van der Waals surface area (Å²) in [7, 11) is 0. The Morgan fingerprint density at radius 3 is 2.25 bits per heavy atom. The van der Waals surface area contributed by atoms with Gasteiger partial charge in [0.15, 0.2) is 0 Å². The number of hydrogen-bond donors (Lipinski definition) is 1. The lowest BCUT2D eigenvalue weighted by Crippen LogP contribution is -2.29. The van der Waals surface area contributed by atoms with Crippen LogP contribution in [0.4, 0.5) is 11.4 Å². The second-order valence-corrected chi connectivity index (χ2v) is 8.05. The molecule has 1 aliphatic heterocycles. The highest BCUT2D eigenvalue weighted by molar-refractivity contribution is 6.51. The van der Waals surface area contributed by atoms with Crippen LogP contribution in [0.5, 0.6) is 5.75 Å². The van der Waals surface area contributed by atoms with Crippen molar-refractivity contribution in [3.8, 4) is 11.8 Å². The maximum Gasteiger partial charge on any atom is 0.300 e. The van der Waals surface area contributed by atoms with Crippen LogP contribution >= 0.6 is 0 Å². The second kappa shape index (κ2) is 10.1. The van der Waals surface area contributed by atoms with E-state index in [1.165, 1.54) is 41.3 Å². The van der Waals surface area contributed by atoms with Crippen molar-refractivity contribution in [2.45, 2.75) is 19.4 Å². The van der Waals surface area contributed by atoms with Crippen molar-refractivity contribution in [1.82, 2.24) is 0 Å². The standard InChI is InChI=1S/C27H21N3O6/c1-2-15-36-22-13-7-18(8-14-22)24-23(25(31)19-5-11-21(12-6-19)30(34)35)26(32)27(33)29(24)20-9-3-17(16-28)4-10-20/h3-14,24,31H,2,15H2,1H3/b25-23-. The fraction of sp³-hybridized carbons (Fsp3) is 0.148. The molecule has 1 saturated heterocycles. The Morgan fingerprint density at radius 2 is 1.69 bits per heavy atom. The Morgan fingerprint density at radius 1 is 1.06 bits per heavy atom. The first-order valence-corrected chi connectivity index (χ1v) is 11.1. The van der Waals surface area contributed by atoms with Crippen LogP contribution in [0.2, 0.25) is 0 Å². The molecule has 0 aromatic heterocycles. The van der Waals surface area contributed by atoms with E-state index in [4.69, 9.17) is 10.00 Å². The second-order valence-electron chi connectivity index (χ2n) is 8.05. The molecule has 1 N–H and O–H groups in total. The van der Waals surface area contributed by atoms with Gasteiger partial charge < -0.3 is 9.84 Å². The van der Waals surface area contributed by atoms with Gasteiger partial charge in [0.05, 0.1) is 34.8 Å². The largest absolute Gasteiger partial charge is 0.507 e. The summed E-state index contributed by atoms with van der Waals surface area (Å²) in [5.74, 6) is -1.58. The Labute approximate surface area is 206 Å². The third kappa shape index (κ3) is 4.52. The summed E-state index contributed by atoms with van der Waals surface area (Å²) in [6.45, 7) is 2.51. The zero-order chi connectivity index (χ0) is 25.8. The summed E-state index contributed by atoms with van der Waals surface area (Å²) < 4.78 is 5.63. The molecule has 0 saturated carbocycles. The van der Waals surface area contributed by atoms with Gasteiger partial charge in [-0.1, -0.05) is 19.1 Å². The normalized spacial score (nSPS) is 16.6. The molecule has 1 amide bonds. The third-order valence-corrected chi connectivity index (χ3v) is 5.74. The summed E-state index contributed by atoms with van der Waals surface area (Å²) in [5, 5.41) is 31.3. The van der Waals surface area contributed by atoms with Gasteiger partial charge in [-0.15, -0.1) is 0 Å². The number of nitrogens with zero attached hydrogens (tertiary/aromatic N) is 3. The fourth-order valence-electron chi connectivity index (χ4n) is 3.97. The van der Waals surface area contributed by atoms with Crippen LogP contribution in [0.3, 0.4) is 0 Å². The number of nitro groups is 1. The molecular weight excluding hydrogens is 462 g/mol. The lowest BCUT2D eigenvalue weighted by Gasteiger charge is -2.25. The number of aliphatic hydroxyl groups excluding tert-OH is 1. The first-order chi connectivity index (χ1) is 17.3. The number of benzene rings is 3. The van der Waals surface area contributed by atoms with Gasteiger partial charge in [0.25, 0.3) is 17.4 Å². The molecule has 0 bridgehead atoms. The number of anilines is 1. The number of ether oxygens (including phenoxy) is 1. The van der Waals surface area contributed by atoms with E-state index in [2.05, 4.69) is 0 Å². The predicted octanol–water partition coefficient (Wildman–Crippen LogP) is 4.88. The molecule has 1 unspecified atom stereocenters. The van der Waals surface area contributed by atoms with Crippen LogP contribution in [-0.4, -0.2) is 28.3 Å². The topological polar surface area (TPSA) is 134 Å². The minimum Gasteiger partial charge on any atom is -0.507 e. The van der Waals surface area contributed by atoms with E-state index in [-0.39, 0.29) is 16.8 Å². The van der Waals surface area contributed by atoms with Gasteiger partial charge >= 0.3 is 0 Å². The molecule has 9 nitrogen and oxygen atoms in total. The van der Waals surface area contributed by atoms with Crippen LogP contribution in [0.15, 0.2) is 78.4 Å². The zero-order valence-corrected chi connectivity index (χ0v) is 19.2. The number of nitro benzene ring substituents is 1. The average Bonchev–Trinajstić information content (AvgIpc) is 3.17. The van der Waals surface area contributed by atoms with Crippen LogP contribution < -0.4 is 9.64 Å². The number of nitriles is 1. The maximum atomic E-state index is 13.2. The van der Waals surface area contributed by atoms with Crippen LogP contribution in [0, 0.1) is 21.4 Å². The summed E-state index contributed by atoms with van der Waals surface area (Å²) in [4.78, 5) is 38.1. The number of ketones is 1. The molecule has 1 fully saturated rings. The first-order valence-electron chi connectivity index (χ1n) is 11.1. The van der Waals surface area contributed by atoms with Gasteiger partial charge in [-0.2, -0.15) is 5.26 Å². The van der Waals surface area contributed by atoms with Gasteiger partial charge in [0.1, 0.15) is 11.5 Å². The molecule has 0 spiro atoms. The molecular formula is C27H21N3O6. The highest BCUT2D eigenvalue weighted by atomic mass is 16.6. The van der Waals surface area contributed by atoms with Gasteiger partial charge in [-0.25, -0.2) is 0 Å². The van der Waals surface area contributed by atoms with Crippen molar-refractivity contribution in [3.05, 3.63) is 105 Å². The number of carbonyl (C=O) groups excluding carboxylic acids is 2. The first kappa shape index (κ1) is 24.2. The van der Waals surface area contributed by atoms with Gasteiger partial charge in [0.2, 0.25) is 0 Å². The molecule has 1 atom stereocenters. The molecule has 4 rings (SSSR count). The number of Topliss-reactive ketones (excluding diaryl/α,β-unsaturated/α-hetero) is 1. The van der Waals surface area contributed by atoms with Crippen LogP contribution in [-0.2, 0) is 9.59 Å². The van der Waals surface area contributed by atoms with E-state index in [1.54, 1.807) is 36.4 Å². The number of carbonyl (C=O) groups is 2. The Hall–Kier alpha value is -4.97. The molecule has 0 radical (unpaired) electrons. The minimum atomic E-state index is -0.978. The Balaban J connectivity index is 1.85. The summed E-state index contributed by atoms with van der Waals surface area (Å²) in [6, 6.07) is 19.1. The molecule has 9 heteroatoms. The van der Waals surface area contributed by atoms with E-state index >= 15 is 0 Å². The summed E-state index contributed by atoms with van der Waals surface area (Å²) >= 11 is 0. The van der Waals surface area contributed by atoms with E-state index in [0.29, 0.717) is 29.2 Å². The van der Waals surface area contributed by atoms with Gasteiger partial charge in [-0.05, 0) is 60.5 Å². The quantitative estimate of drug-likeness (QED) is 0.166. The molecule has 3 aromatic carbocycles. The monoisotopic (exact) mass is 483 g/mol. The lowest BCUT2D eigenvalue weighted by molar-refractivity contribution is -0.384. The van der Waals surface area contributed by atoms with Crippen molar-refractivity contribution < 1.29 is 24.4 Å². The van der Waals surface area contributed by atoms with E-state index in [0.717, 1.165) is 6.42 Å². The van der Waals surface area contributed by atoms with E-state index in [1.807, 2.05) is 13.0 Å². The number of hydrogen-bond acceptors (Lipinski definition) is 7. The number of aliphatic hydroxyl groups is 1. The molecule has 3 aromatic rings. The van der Waals surface area contributed by atoms with Crippen molar-refractivity contribution in [2.24, 2.45) is 0 Å². The van der Waals surface area contributed by atoms with Crippen LogP contribution in [0.25, 0.3) is 5.76 Å². The molecule has 1 aliphatic rings. The molecule has 1 heterocycles. The Kier molecular flexibility index (Phi) is 6.79. The molecule has 180 valence electrons. The van der Waals surface area contributed by atoms with Crippen LogP contribution in [0.1, 0.15) is 36.1 Å². The van der Waals surface area contributed by atoms with Crippen molar-refractivity contribution in [2.75, 3.05) is 11.5 Å². The Bertz CT molecular complexity index is 1390. The minimum absolute atomic E-state index is 0.152. The SMILES string of the molecule is CCCOc1ccc(C2/C(=C(/O)c3ccc([N+](=O)[O-])cc3)C(=O)C(=O)N2c2ccc(C#N)cc2)cc1. The van der Waals surface area contributed by atoms with E-state index < -0.39 is 28.4 Å². The predicted molar refractivity (Wildman–Crippen MR) is 131 cm³/mol. The highest BCUT2D eigenvalue weighted by Gasteiger charge is 2.47. The average molecular weight is 483 g/mol. The smallest absolute Gasteiger partial charge is 0.300 e. The third-order valence-electron chi connectivity index (χ3n) is 5.74. The number of amides is 1. The number of rotatable bonds is 7. The summed E-state index contributed by atoms with van der Waals surface area (Å²) in [5.41, 5.74) is 1.13. The highest BCUT2D eigenvalue weighted by Crippen LogP contribution is 2.42. The zero-order valence-electron chi connectivity index (χ0n) is 19.2.